The molecule has 2 N–H and O–H groups in total. The molecule has 1 heterocycles. The molecule has 14 heteroatoms. The minimum absolute atomic E-state index is 0.0569. The Labute approximate surface area is 259 Å². The van der Waals surface area contributed by atoms with Gasteiger partial charge < -0.3 is 0 Å². The standard InChI is InChI=1S/C26H39I2N5O6S/c1-8-13-32(6)26(35)22-14-19(15-24(29-22)31(4)5)25(34)30-27-23(28-36)17-33(16-18(2)3)40(37,38)21-11-9-20(39-7)10-12-21/h9-12,14-15,18,23,36H,8,13,16-17H2,1-7H3,(H,30,34)/q-2. The van der Waals surface area contributed by atoms with E-state index in [1.54, 1.807) is 49.1 Å². The fourth-order valence-electron chi connectivity index (χ4n) is 3.59. The number of carbonyl (C=O) groups is 2. The Hall–Kier alpha value is -1.76. The first-order valence-corrected chi connectivity index (χ1v) is 18.6. The van der Waals surface area contributed by atoms with Crippen molar-refractivity contribution >= 4 is 27.7 Å². The number of hydrogen-bond donors (Lipinski definition) is 2. The number of ether oxygens (including phenoxy) is 1. The van der Waals surface area contributed by atoms with Crippen molar-refractivity contribution in [3.63, 3.8) is 0 Å². The maximum absolute atomic E-state index is 13.5. The van der Waals surface area contributed by atoms with Gasteiger partial charge in [0.1, 0.15) is 0 Å². The number of hydrogen-bond acceptors (Lipinski definition) is 8. The Morgan fingerprint density at radius 1 is 1.10 bits per heavy atom. The van der Waals surface area contributed by atoms with Gasteiger partial charge in [-0.05, 0) is 0 Å². The van der Waals surface area contributed by atoms with Gasteiger partial charge in [0.15, 0.2) is 0 Å². The van der Waals surface area contributed by atoms with Crippen LogP contribution in [0.25, 0.3) is 0 Å². The van der Waals surface area contributed by atoms with Crippen molar-refractivity contribution in [1.82, 2.24) is 17.7 Å². The molecule has 0 saturated carbocycles. The third-order valence-corrected chi connectivity index (χ3v) is 13.3. The van der Waals surface area contributed by atoms with Gasteiger partial charge in [-0.3, -0.25) is 0 Å². The van der Waals surface area contributed by atoms with Crippen LogP contribution in [0.1, 0.15) is 48.0 Å². The molecule has 226 valence electrons. The Morgan fingerprint density at radius 3 is 2.27 bits per heavy atom. The summed E-state index contributed by atoms with van der Waals surface area (Å²) in [6, 6.07) is 9.29. The number of halogens is 2. The van der Waals surface area contributed by atoms with Crippen molar-refractivity contribution in [2.75, 3.05) is 52.8 Å². The number of rotatable bonds is 15. The number of amides is 2. The molecule has 2 amide bonds. The SMILES string of the molecule is CCCN(C)C(=O)c1cc(C(=O)N[I-]C(CN(CC(C)C)S(=O)(=O)c2ccc(OC)cc2)[I-]O)cc(N(C)C)n1. The number of carbonyl (C=O) groups excluding carboxylic acids is 2. The Balaban J connectivity index is 2.24. The van der Waals surface area contributed by atoms with Crippen molar-refractivity contribution in [3.05, 3.63) is 47.7 Å². The molecule has 1 atom stereocenters. The van der Waals surface area contributed by atoms with Gasteiger partial charge in [-0.2, -0.15) is 0 Å². The average molecular weight is 804 g/mol. The van der Waals surface area contributed by atoms with Crippen molar-refractivity contribution < 1.29 is 69.3 Å². The predicted octanol–water partition coefficient (Wildman–Crippen LogP) is -3.96. The summed E-state index contributed by atoms with van der Waals surface area (Å²) in [6.45, 7) is 6.78. The van der Waals surface area contributed by atoms with Gasteiger partial charge in [0, 0.05) is 0 Å². The molecule has 1 aromatic heterocycles. The molecule has 1 unspecified atom stereocenters. The number of sulfonamides is 1. The quantitative estimate of drug-likeness (QED) is 0.106. The molecular weight excluding hydrogens is 764 g/mol. The number of nitrogens with one attached hydrogen (secondary N) is 1. The number of alkyl halides is 2. The Bertz CT molecular complexity index is 1240. The van der Waals surface area contributed by atoms with Crippen LogP contribution in [0.2, 0.25) is 0 Å². The van der Waals surface area contributed by atoms with E-state index in [0.29, 0.717) is 18.1 Å². The molecule has 40 heavy (non-hydrogen) atoms. The van der Waals surface area contributed by atoms with Crippen molar-refractivity contribution in [1.29, 1.82) is 0 Å². The molecule has 0 aliphatic rings. The molecule has 2 aromatic rings. The topological polar surface area (TPSA) is 132 Å². The van der Waals surface area contributed by atoms with Crippen LogP contribution in [0, 0.1) is 5.92 Å². The van der Waals surface area contributed by atoms with E-state index in [1.165, 1.54) is 29.6 Å². The molecule has 0 saturated heterocycles. The maximum atomic E-state index is 13.5. The van der Waals surface area contributed by atoms with Crippen LogP contribution in [0.4, 0.5) is 5.82 Å². The van der Waals surface area contributed by atoms with E-state index in [9.17, 15) is 21.4 Å². The fraction of sp³-hybridized carbons (Fsp3) is 0.500. The van der Waals surface area contributed by atoms with E-state index in [0.717, 1.165) is 6.42 Å². The van der Waals surface area contributed by atoms with Crippen LogP contribution in [0.15, 0.2) is 41.3 Å². The summed E-state index contributed by atoms with van der Waals surface area (Å²) in [6.07, 6.45) is 0.793. The van der Waals surface area contributed by atoms with Gasteiger partial charge in [0.25, 0.3) is 0 Å². The van der Waals surface area contributed by atoms with Gasteiger partial charge in [-0.1, -0.05) is 0 Å². The fourth-order valence-corrected chi connectivity index (χ4v) is 9.60. The summed E-state index contributed by atoms with van der Waals surface area (Å²) in [5, 5.41) is 0. The first-order valence-electron chi connectivity index (χ1n) is 12.6. The molecule has 0 fully saturated rings. The van der Waals surface area contributed by atoms with E-state index >= 15 is 0 Å². The molecule has 11 nitrogen and oxygen atoms in total. The zero-order chi connectivity index (χ0) is 30.0. The van der Waals surface area contributed by atoms with Crippen LogP contribution < -0.4 is 56.3 Å². The monoisotopic (exact) mass is 803 g/mol. The van der Waals surface area contributed by atoms with Crippen LogP contribution in [0.3, 0.4) is 0 Å². The Morgan fingerprint density at radius 2 is 1.75 bits per heavy atom. The van der Waals surface area contributed by atoms with Crippen LogP contribution in [-0.4, -0.2) is 87.7 Å². The van der Waals surface area contributed by atoms with Crippen LogP contribution >= 0.6 is 0 Å². The van der Waals surface area contributed by atoms with Gasteiger partial charge in [-0.15, -0.1) is 0 Å². The summed E-state index contributed by atoms with van der Waals surface area (Å²) >= 11 is -2.49. The van der Waals surface area contributed by atoms with E-state index < -0.39 is 53.1 Å². The third-order valence-electron chi connectivity index (χ3n) is 5.63. The second-order valence-electron chi connectivity index (χ2n) is 9.63. The van der Waals surface area contributed by atoms with Crippen LogP contribution in [0.5, 0.6) is 5.75 Å². The second kappa shape index (κ2) is 16.0. The van der Waals surface area contributed by atoms with Gasteiger partial charge >= 0.3 is 261 Å². The number of anilines is 1. The van der Waals surface area contributed by atoms with Crippen molar-refractivity contribution in [2.45, 2.75) is 34.0 Å². The first-order chi connectivity index (χ1) is 18.8. The van der Waals surface area contributed by atoms with Crippen LogP contribution in [-0.2, 0) is 10.0 Å². The normalized spacial score (nSPS) is 12.6. The van der Waals surface area contributed by atoms with Gasteiger partial charge in [0.05, 0.1) is 0 Å². The van der Waals surface area contributed by atoms with Gasteiger partial charge in [-0.25, -0.2) is 0 Å². The third kappa shape index (κ3) is 9.66. The number of aromatic nitrogens is 1. The van der Waals surface area contributed by atoms with E-state index in [2.05, 4.69) is 8.51 Å². The predicted molar refractivity (Wildman–Crippen MR) is 146 cm³/mol. The molecule has 0 bridgehead atoms. The minimum atomic E-state index is -3.83. The molecule has 0 aliphatic carbocycles. The number of pyridine rings is 1. The average Bonchev–Trinajstić information content (AvgIpc) is 2.93. The zero-order valence-electron chi connectivity index (χ0n) is 23.9. The van der Waals surface area contributed by atoms with E-state index in [4.69, 9.17) is 4.74 Å². The number of benzene rings is 1. The zero-order valence-corrected chi connectivity index (χ0v) is 29.0. The molecular formula is C26H39I2N5O6S-2. The summed E-state index contributed by atoms with van der Waals surface area (Å²) in [7, 11) is 2.93. The molecule has 0 aliphatic heterocycles. The molecule has 2 rings (SSSR count). The number of methoxy groups -OCH3 is 1. The summed E-state index contributed by atoms with van der Waals surface area (Å²) in [5.41, 5.74) is 0.455. The molecule has 0 spiro atoms. The Kier molecular flexibility index (Phi) is 13.8. The number of nitrogens with zero attached hydrogens (tertiary/aromatic N) is 4. The van der Waals surface area contributed by atoms with E-state index in [1.807, 2.05) is 20.8 Å². The summed E-state index contributed by atoms with van der Waals surface area (Å²) < 4.78 is 46.3. The first kappa shape index (κ1) is 34.4. The van der Waals surface area contributed by atoms with Gasteiger partial charge in [0.2, 0.25) is 0 Å². The summed E-state index contributed by atoms with van der Waals surface area (Å²) in [5.74, 6) is 0.417. The van der Waals surface area contributed by atoms with E-state index in [-0.39, 0.29) is 48.9 Å². The molecule has 0 radical (unpaired) electrons. The molecule has 1 aromatic carbocycles. The van der Waals surface area contributed by atoms with Crippen molar-refractivity contribution in [3.8, 4) is 5.75 Å². The van der Waals surface area contributed by atoms with Crippen molar-refractivity contribution in [2.24, 2.45) is 5.92 Å². The second-order valence-corrected chi connectivity index (χ2v) is 18.7. The summed E-state index contributed by atoms with van der Waals surface area (Å²) in [4.78, 5) is 33.9.